The molecule has 1 atom stereocenters. The zero-order chi connectivity index (χ0) is 18.5. The first-order chi connectivity index (χ1) is 12.6. The molecule has 0 spiro atoms. The molecule has 132 valence electrons. The fraction of sp³-hybridized carbons (Fsp3) is 0.238. The third-order valence-corrected chi connectivity index (χ3v) is 4.26. The molecule has 0 saturated carbocycles. The van der Waals surface area contributed by atoms with Gasteiger partial charge < -0.3 is 4.90 Å². The lowest BCUT2D eigenvalue weighted by Crippen LogP contribution is -2.36. The Labute approximate surface area is 153 Å². The normalized spacial score (nSPS) is 11.8. The van der Waals surface area contributed by atoms with Crippen LogP contribution >= 0.6 is 0 Å². The molecule has 0 aliphatic heterocycles. The minimum Gasteiger partial charge on any atom is -0.326 e. The van der Waals surface area contributed by atoms with E-state index in [2.05, 4.69) is 47.0 Å². The lowest BCUT2D eigenvalue weighted by Gasteiger charge is -2.31. The molecule has 1 unspecified atom stereocenters. The summed E-state index contributed by atoms with van der Waals surface area (Å²) in [4.78, 5) is 27.4. The van der Waals surface area contributed by atoms with Crippen LogP contribution in [0.15, 0.2) is 61.3 Å². The molecule has 26 heavy (non-hydrogen) atoms. The second-order valence-electron chi connectivity index (χ2n) is 6.29. The lowest BCUT2D eigenvalue weighted by atomic mass is 9.95. The van der Waals surface area contributed by atoms with Crippen molar-refractivity contribution in [2.75, 3.05) is 6.54 Å². The van der Waals surface area contributed by atoms with Crippen LogP contribution in [-0.2, 0) is 0 Å². The Morgan fingerprint density at radius 1 is 1.00 bits per heavy atom. The van der Waals surface area contributed by atoms with Crippen LogP contribution in [-0.4, -0.2) is 32.3 Å². The molecule has 5 heteroatoms. The molecular formula is C21H22N4O. The second kappa shape index (κ2) is 7.87. The summed E-state index contributed by atoms with van der Waals surface area (Å²) in [6, 6.07) is 10.0. The first kappa shape index (κ1) is 17.7. The molecule has 0 fully saturated rings. The summed E-state index contributed by atoms with van der Waals surface area (Å²) in [5.41, 5.74) is 4.70. The Kier molecular flexibility index (Phi) is 5.37. The van der Waals surface area contributed by atoms with E-state index in [9.17, 15) is 4.79 Å². The maximum atomic E-state index is 13.1. The molecule has 2 heterocycles. The molecule has 2 aromatic heterocycles. The van der Waals surface area contributed by atoms with Gasteiger partial charge in [-0.25, -0.2) is 4.98 Å². The number of hydrogen-bond acceptors (Lipinski definition) is 4. The van der Waals surface area contributed by atoms with E-state index in [-0.39, 0.29) is 11.9 Å². The number of pyridine rings is 1. The van der Waals surface area contributed by atoms with Crippen LogP contribution in [0.25, 0.3) is 0 Å². The van der Waals surface area contributed by atoms with Gasteiger partial charge in [0.15, 0.2) is 0 Å². The zero-order valence-electron chi connectivity index (χ0n) is 15.3. The maximum absolute atomic E-state index is 13.1. The van der Waals surface area contributed by atoms with Gasteiger partial charge in [-0.05, 0) is 38.0 Å². The van der Waals surface area contributed by atoms with Crippen molar-refractivity contribution in [1.82, 2.24) is 19.9 Å². The third-order valence-electron chi connectivity index (χ3n) is 4.26. The van der Waals surface area contributed by atoms with Gasteiger partial charge in [0.05, 0.1) is 12.2 Å². The zero-order valence-corrected chi connectivity index (χ0v) is 15.3. The summed E-state index contributed by atoms with van der Waals surface area (Å²) >= 11 is 0. The average molecular weight is 346 g/mol. The molecule has 0 saturated heterocycles. The van der Waals surface area contributed by atoms with Crippen LogP contribution in [0.1, 0.15) is 45.7 Å². The van der Waals surface area contributed by atoms with Gasteiger partial charge in [-0.2, -0.15) is 0 Å². The van der Waals surface area contributed by atoms with Gasteiger partial charge in [0, 0.05) is 31.3 Å². The van der Waals surface area contributed by atoms with Gasteiger partial charge in [0.25, 0.3) is 5.91 Å². The number of hydrogen-bond donors (Lipinski definition) is 0. The van der Waals surface area contributed by atoms with Gasteiger partial charge >= 0.3 is 0 Å². The molecule has 3 rings (SSSR count). The van der Waals surface area contributed by atoms with E-state index >= 15 is 0 Å². The van der Waals surface area contributed by atoms with Crippen molar-refractivity contribution in [1.29, 1.82) is 0 Å². The van der Waals surface area contributed by atoms with Gasteiger partial charge in [0.1, 0.15) is 5.69 Å². The predicted octanol–water partition coefficient (Wildman–Crippen LogP) is 3.74. The Hall–Kier alpha value is -3.08. The summed E-state index contributed by atoms with van der Waals surface area (Å²) in [7, 11) is 0. The summed E-state index contributed by atoms with van der Waals surface area (Å²) in [5.74, 6) is -0.145. The van der Waals surface area contributed by atoms with E-state index in [0.29, 0.717) is 12.2 Å². The lowest BCUT2D eigenvalue weighted by molar-refractivity contribution is 0.0710. The topological polar surface area (TPSA) is 59.0 Å². The molecule has 5 nitrogen and oxygen atoms in total. The van der Waals surface area contributed by atoms with Crippen LogP contribution in [0.5, 0.6) is 0 Å². The van der Waals surface area contributed by atoms with Crippen LogP contribution in [0.2, 0.25) is 0 Å². The van der Waals surface area contributed by atoms with Crippen molar-refractivity contribution in [2.24, 2.45) is 0 Å². The number of amides is 1. The van der Waals surface area contributed by atoms with Crippen LogP contribution in [0.4, 0.5) is 0 Å². The van der Waals surface area contributed by atoms with E-state index in [4.69, 9.17) is 0 Å². The van der Waals surface area contributed by atoms with Crippen molar-refractivity contribution < 1.29 is 4.79 Å². The highest BCUT2D eigenvalue weighted by molar-refractivity contribution is 5.92. The highest BCUT2D eigenvalue weighted by Crippen LogP contribution is 2.30. The Balaban J connectivity index is 2.11. The van der Waals surface area contributed by atoms with Crippen molar-refractivity contribution >= 4 is 5.91 Å². The SMILES string of the molecule is CCN(C(=O)c1cnccn1)C(c1cccnc1)c1cc(C)cc(C)c1. The fourth-order valence-corrected chi connectivity index (χ4v) is 3.26. The number of aromatic nitrogens is 3. The van der Waals surface area contributed by atoms with E-state index in [1.54, 1.807) is 12.4 Å². The number of rotatable bonds is 5. The van der Waals surface area contributed by atoms with E-state index < -0.39 is 0 Å². The summed E-state index contributed by atoms with van der Waals surface area (Å²) < 4.78 is 0. The van der Waals surface area contributed by atoms with Crippen molar-refractivity contribution in [3.05, 3.63) is 89.3 Å². The van der Waals surface area contributed by atoms with Crippen molar-refractivity contribution in [2.45, 2.75) is 26.8 Å². The summed E-state index contributed by atoms with van der Waals surface area (Å²) in [5, 5.41) is 0. The standard InChI is InChI=1S/C21H22N4O/c1-4-25(21(26)19-14-23-8-9-24-19)20(17-6-5-7-22-13-17)18-11-15(2)10-16(3)12-18/h5-14,20H,4H2,1-3H3. The maximum Gasteiger partial charge on any atom is 0.274 e. The molecule has 0 N–H and O–H groups in total. The molecule has 0 aliphatic carbocycles. The van der Waals surface area contributed by atoms with Gasteiger partial charge in [-0.15, -0.1) is 0 Å². The van der Waals surface area contributed by atoms with Gasteiger partial charge in [0.2, 0.25) is 0 Å². The van der Waals surface area contributed by atoms with Crippen molar-refractivity contribution in [3.63, 3.8) is 0 Å². The molecule has 0 aliphatic rings. The highest BCUT2D eigenvalue weighted by Gasteiger charge is 2.27. The quantitative estimate of drug-likeness (QED) is 0.706. The average Bonchev–Trinajstić information content (AvgIpc) is 2.66. The molecule has 1 amide bonds. The van der Waals surface area contributed by atoms with E-state index in [1.807, 2.05) is 30.2 Å². The van der Waals surface area contributed by atoms with Crippen LogP contribution in [0, 0.1) is 13.8 Å². The Morgan fingerprint density at radius 2 is 1.73 bits per heavy atom. The highest BCUT2D eigenvalue weighted by atomic mass is 16.2. The minimum absolute atomic E-state index is 0.145. The van der Waals surface area contributed by atoms with Gasteiger partial charge in [-0.1, -0.05) is 35.4 Å². The molecule has 1 aromatic carbocycles. The Morgan fingerprint density at radius 3 is 2.31 bits per heavy atom. The first-order valence-electron chi connectivity index (χ1n) is 8.65. The fourth-order valence-electron chi connectivity index (χ4n) is 3.26. The minimum atomic E-state index is -0.234. The second-order valence-corrected chi connectivity index (χ2v) is 6.29. The van der Waals surface area contributed by atoms with Gasteiger partial charge in [-0.3, -0.25) is 14.8 Å². The number of aryl methyl sites for hydroxylation is 2. The first-order valence-corrected chi connectivity index (χ1v) is 8.65. The van der Waals surface area contributed by atoms with E-state index in [1.165, 1.54) is 12.4 Å². The van der Waals surface area contributed by atoms with Crippen LogP contribution in [0.3, 0.4) is 0 Å². The Bertz CT molecular complexity index is 861. The summed E-state index contributed by atoms with van der Waals surface area (Å²) in [6.45, 7) is 6.65. The summed E-state index contributed by atoms with van der Waals surface area (Å²) in [6.07, 6.45) is 8.16. The number of carbonyl (C=O) groups is 1. The van der Waals surface area contributed by atoms with Crippen LogP contribution < -0.4 is 0 Å². The third kappa shape index (κ3) is 3.77. The molecule has 0 bridgehead atoms. The number of benzene rings is 1. The monoisotopic (exact) mass is 346 g/mol. The van der Waals surface area contributed by atoms with Crippen molar-refractivity contribution in [3.8, 4) is 0 Å². The molecule has 3 aromatic rings. The predicted molar refractivity (Wildman–Crippen MR) is 101 cm³/mol. The van der Waals surface area contributed by atoms with E-state index in [0.717, 1.165) is 22.3 Å². The molecular weight excluding hydrogens is 324 g/mol. The number of carbonyl (C=O) groups excluding carboxylic acids is 1. The molecule has 0 radical (unpaired) electrons. The largest absolute Gasteiger partial charge is 0.326 e. The number of nitrogens with zero attached hydrogens (tertiary/aromatic N) is 4. The smallest absolute Gasteiger partial charge is 0.274 e.